The largest absolute Gasteiger partial charge is 0.457 e. The lowest BCUT2D eigenvalue weighted by molar-refractivity contribution is -0.127. The molecule has 5 rings (SSSR count). The number of benzene rings is 2. The van der Waals surface area contributed by atoms with Gasteiger partial charge in [-0.25, -0.2) is 9.67 Å². The maximum Gasteiger partial charge on any atom is 0.246 e. The Hall–Kier alpha value is -3.94. The van der Waals surface area contributed by atoms with Gasteiger partial charge >= 0.3 is 0 Å². The predicted molar refractivity (Wildman–Crippen MR) is 128 cm³/mol. The van der Waals surface area contributed by atoms with E-state index < -0.39 is 0 Å². The van der Waals surface area contributed by atoms with Gasteiger partial charge < -0.3 is 9.64 Å². The molecule has 2 aromatic carbocycles. The second-order valence-electron chi connectivity index (χ2n) is 7.97. The molecular weight excluding hydrogens is 413 g/mol. The van der Waals surface area contributed by atoms with Crippen molar-refractivity contribution in [2.45, 2.75) is 18.9 Å². The quantitative estimate of drug-likeness (QED) is 0.355. The Morgan fingerprint density at radius 2 is 1.85 bits per heavy atom. The van der Waals surface area contributed by atoms with Crippen LogP contribution in [0.3, 0.4) is 0 Å². The molecule has 0 saturated carbocycles. The molecule has 0 N–H and O–H groups in total. The van der Waals surface area contributed by atoms with Gasteiger partial charge in [0.2, 0.25) is 5.91 Å². The number of carbonyl (C=O) groups excluding carboxylic acids is 1. The van der Waals surface area contributed by atoms with E-state index in [1.54, 1.807) is 4.90 Å². The van der Waals surface area contributed by atoms with Crippen molar-refractivity contribution in [2.75, 3.05) is 13.1 Å². The highest BCUT2D eigenvalue weighted by molar-refractivity contribution is 6.37. The number of piperidine rings is 1. The van der Waals surface area contributed by atoms with Crippen LogP contribution >= 0.6 is 0 Å². The number of nitrogens with zero attached hydrogens (tertiary/aromatic N) is 5. The molecule has 1 atom stereocenters. The number of amides is 1. The Morgan fingerprint density at radius 1 is 1.09 bits per heavy atom. The molecule has 1 amide bonds. The first-order valence-electron chi connectivity index (χ1n) is 10.9. The molecule has 1 fully saturated rings. The third-order valence-corrected chi connectivity index (χ3v) is 5.85. The summed E-state index contributed by atoms with van der Waals surface area (Å²) in [4.78, 5) is 22.7. The normalized spacial score (nSPS) is 16.0. The van der Waals surface area contributed by atoms with Crippen LogP contribution in [0, 0.1) is 0 Å². The Labute approximate surface area is 193 Å². The molecule has 4 aromatic rings. The molecule has 8 heteroatoms. The molecule has 7 nitrogen and oxygen atoms in total. The second kappa shape index (κ2) is 8.90. The lowest BCUT2D eigenvalue weighted by Gasteiger charge is -2.32. The summed E-state index contributed by atoms with van der Waals surface area (Å²) >= 11 is 0. The van der Waals surface area contributed by atoms with E-state index in [9.17, 15) is 4.79 Å². The molecular formula is C25H22BN5O2. The molecule has 0 unspecified atom stereocenters. The van der Waals surface area contributed by atoms with Crippen molar-refractivity contribution in [2.24, 2.45) is 0 Å². The van der Waals surface area contributed by atoms with Crippen LogP contribution in [-0.2, 0) is 4.79 Å². The van der Waals surface area contributed by atoms with E-state index in [4.69, 9.17) is 17.7 Å². The molecule has 1 saturated heterocycles. The SMILES string of the molecule is [B]c1ncnc2c1c(-c1ccc(Oc3ccccc3)cc1)nn2[C@@H]1CCCN(C(=O)C=C)C1. The number of aromatic nitrogens is 4. The van der Waals surface area contributed by atoms with E-state index in [0.717, 1.165) is 29.9 Å². The topological polar surface area (TPSA) is 73.1 Å². The molecule has 1 aliphatic rings. The minimum atomic E-state index is -0.0699. The summed E-state index contributed by atoms with van der Waals surface area (Å²) in [6, 6.07) is 17.3. The van der Waals surface area contributed by atoms with Crippen molar-refractivity contribution in [1.82, 2.24) is 24.6 Å². The number of hydrogen-bond acceptors (Lipinski definition) is 5. The van der Waals surface area contributed by atoms with Gasteiger partial charge in [-0.3, -0.25) is 9.78 Å². The first-order valence-corrected chi connectivity index (χ1v) is 10.9. The minimum Gasteiger partial charge on any atom is -0.457 e. The molecule has 2 aromatic heterocycles. The van der Waals surface area contributed by atoms with Crippen molar-refractivity contribution in [1.29, 1.82) is 0 Å². The van der Waals surface area contributed by atoms with E-state index in [2.05, 4.69) is 16.5 Å². The maximum atomic E-state index is 12.2. The van der Waals surface area contributed by atoms with Gasteiger partial charge in [-0.05, 0) is 55.3 Å². The molecule has 2 radical (unpaired) electrons. The Morgan fingerprint density at radius 3 is 2.61 bits per heavy atom. The highest BCUT2D eigenvalue weighted by Crippen LogP contribution is 2.32. The highest BCUT2D eigenvalue weighted by atomic mass is 16.5. The molecule has 33 heavy (non-hydrogen) atoms. The van der Waals surface area contributed by atoms with Gasteiger partial charge in [-0.15, -0.1) is 0 Å². The number of carbonyl (C=O) groups is 1. The van der Waals surface area contributed by atoms with E-state index in [-0.39, 0.29) is 11.9 Å². The fraction of sp³-hybridized carbons (Fsp3) is 0.200. The molecule has 0 spiro atoms. The molecule has 0 aliphatic carbocycles. The van der Waals surface area contributed by atoms with Crippen LogP contribution in [-0.4, -0.2) is 51.5 Å². The number of para-hydroxylation sites is 1. The fourth-order valence-corrected chi connectivity index (χ4v) is 4.24. The highest BCUT2D eigenvalue weighted by Gasteiger charge is 2.27. The van der Waals surface area contributed by atoms with E-state index in [0.29, 0.717) is 35.4 Å². The van der Waals surface area contributed by atoms with Gasteiger partial charge in [0, 0.05) is 24.2 Å². The number of fused-ring (bicyclic) bond motifs is 1. The Bertz CT molecular complexity index is 1300. The number of likely N-dealkylation sites (tertiary alicyclic amines) is 1. The van der Waals surface area contributed by atoms with E-state index >= 15 is 0 Å². The van der Waals surface area contributed by atoms with Crippen LogP contribution < -0.4 is 10.3 Å². The zero-order valence-corrected chi connectivity index (χ0v) is 18.1. The van der Waals surface area contributed by atoms with E-state index in [1.807, 2.05) is 59.3 Å². The predicted octanol–water partition coefficient (Wildman–Crippen LogP) is 3.43. The summed E-state index contributed by atoms with van der Waals surface area (Å²) in [7, 11) is 6.26. The lowest BCUT2D eigenvalue weighted by atomic mass is 9.97. The van der Waals surface area contributed by atoms with Crippen molar-refractivity contribution in [3.05, 3.63) is 73.6 Å². The first kappa shape index (κ1) is 20.9. The van der Waals surface area contributed by atoms with Crippen LogP contribution in [0.25, 0.3) is 22.3 Å². The van der Waals surface area contributed by atoms with Gasteiger partial charge in [-0.2, -0.15) is 5.10 Å². The smallest absolute Gasteiger partial charge is 0.246 e. The average Bonchev–Trinajstić information content (AvgIpc) is 3.26. The fourth-order valence-electron chi connectivity index (χ4n) is 4.24. The van der Waals surface area contributed by atoms with Crippen molar-refractivity contribution in [3.63, 3.8) is 0 Å². The first-order chi connectivity index (χ1) is 16.1. The van der Waals surface area contributed by atoms with Crippen LogP contribution in [0.1, 0.15) is 18.9 Å². The third kappa shape index (κ3) is 4.12. The summed E-state index contributed by atoms with van der Waals surface area (Å²) in [5, 5.41) is 5.62. The van der Waals surface area contributed by atoms with Crippen LogP contribution in [0.5, 0.6) is 11.5 Å². The molecule has 162 valence electrons. The molecule has 0 bridgehead atoms. The Kier molecular flexibility index (Phi) is 5.65. The summed E-state index contributed by atoms with van der Waals surface area (Å²) in [5.74, 6) is 1.43. The number of ether oxygens (including phenoxy) is 1. The summed E-state index contributed by atoms with van der Waals surface area (Å²) in [6.07, 6.45) is 4.58. The average molecular weight is 435 g/mol. The van der Waals surface area contributed by atoms with Crippen LogP contribution in [0.2, 0.25) is 0 Å². The van der Waals surface area contributed by atoms with Crippen molar-refractivity contribution >= 4 is 30.4 Å². The summed E-state index contributed by atoms with van der Waals surface area (Å²) in [6.45, 7) is 4.88. The van der Waals surface area contributed by atoms with Crippen LogP contribution in [0.15, 0.2) is 73.6 Å². The molecule has 3 heterocycles. The van der Waals surface area contributed by atoms with E-state index in [1.165, 1.54) is 12.4 Å². The second-order valence-corrected chi connectivity index (χ2v) is 7.97. The van der Waals surface area contributed by atoms with Gasteiger partial charge in [-0.1, -0.05) is 24.8 Å². The van der Waals surface area contributed by atoms with Gasteiger partial charge in [0.25, 0.3) is 0 Å². The lowest BCUT2D eigenvalue weighted by Crippen LogP contribution is -2.40. The number of rotatable bonds is 5. The van der Waals surface area contributed by atoms with Gasteiger partial charge in [0.15, 0.2) is 5.65 Å². The molecule has 1 aliphatic heterocycles. The zero-order valence-electron chi connectivity index (χ0n) is 18.1. The maximum absolute atomic E-state index is 12.2. The zero-order chi connectivity index (χ0) is 22.8. The summed E-state index contributed by atoms with van der Waals surface area (Å²) in [5.41, 5.74) is 2.64. The monoisotopic (exact) mass is 435 g/mol. The van der Waals surface area contributed by atoms with Crippen LogP contribution in [0.4, 0.5) is 0 Å². The summed E-state index contributed by atoms with van der Waals surface area (Å²) < 4.78 is 7.79. The van der Waals surface area contributed by atoms with Crippen molar-refractivity contribution in [3.8, 4) is 22.8 Å². The van der Waals surface area contributed by atoms with Crippen molar-refractivity contribution < 1.29 is 9.53 Å². The Balaban J connectivity index is 1.50. The number of hydrogen-bond donors (Lipinski definition) is 0. The van der Waals surface area contributed by atoms with Gasteiger partial charge in [0.05, 0.1) is 11.4 Å². The minimum absolute atomic E-state index is 0.00566. The standard InChI is InChI=1S/C25H22BN5O2/c1-2-21(32)30-14-6-7-18(15-30)31-25-22(24(26)27-16-28-25)23(29-31)17-10-12-20(13-11-17)33-19-8-4-3-5-9-19/h2-5,8-13,16,18H,1,6-7,14-15H2/t18-/m1/s1. The van der Waals surface area contributed by atoms with Gasteiger partial charge in [0.1, 0.15) is 31.4 Å². The third-order valence-electron chi connectivity index (χ3n) is 5.85.